The molecule has 0 aliphatic carbocycles. The van der Waals surface area contributed by atoms with Crippen molar-refractivity contribution in [2.75, 3.05) is 12.8 Å². The van der Waals surface area contributed by atoms with Crippen LogP contribution in [0.5, 0.6) is 5.75 Å². The first-order chi connectivity index (χ1) is 6.19. The molecule has 0 aliphatic heterocycles. The van der Waals surface area contributed by atoms with E-state index in [1.165, 1.54) is 7.11 Å². The lowest BCUT2D eigenvalue weighted by Crippen LogP contribution is -1.95. The van der Waals surface area contributed by atoms with E-state index in [1.54, 1.807) is 12.1 Å². The summed E-state index contributed by atoms with van der Waals surface area (Å²) in [5, 5.41) is 8.96. The van der Waals surface area contributed by atoms with Crippen LogP contribution in [0.3, 0.4) is 0 Å². The van der Waals surface area contributed by atoms with Crippen LogP contribution in [0, 0.1) is 11.3 Å². The summed E-state index contributed by atoms with van der Waals surface area (Å²) in [6, 6.07) is 5.29. The monoisotopic (exact) mass is 196 g/mol. The Hall–Kier alpha value is -1.40. The van der Waals surface area contributed by atoms with Gasteiger partial charge in [0, 0.05) is 5.69 Å². The summed E-state index contributed by atoms with van der Waals surface area (Å²) < 4.78 is 4.99. The number of hydrogen-bond acceptors (Lipinski definition) is 3. The summed E-state index contributed by atoms with van der Waals surface area (Å²) in [7, 11) is 1.52. The first kappa shape index (κ1) is 9.69. The topological polar surface area (TPSA) is 59.0 Å². The van der Waals surface area contributed by atoms with E-state index in [0.717, 1.165) is 5.56 Å². The van der Waals surface area contributed by atoms with E-state index in [1.807, 2.05) is 6.07 Å². The van der Waals surface area contributed by atoms with E-state index in [-0.39, 0.29) is 6.42 Å². The third-order valence-corrected chi connectivity index (χ3v) is 1.98. The summed E-state index contributed by atoms with van der Waals surface area (Å²) in [6.45, 7) is 0. The van der Waals surface area contributed by atoms with Gasteiger partial charge in [-0.2, -0.15) is 5.26 Å². The molecular weight excluding hydrogens is 188 g/mol. The van der Waals surface area contributed by atoms with Crippen LogP contribution >= 0.6 is 11.6 Å². The third-order valence-electron chi connectivity index (χ3n) is 1.68. The second-order valence-electron chi connectivity index (χ2n) is 2.52. The Kier molecular flexibility index (Phi) is 2.99. The number of nitrogens with two attached hydrogens (primary N) is 1. The molecule has 4 heteroatoms. The van der Waals surface area contributed by atoms with Gasteiger partial charge >= 0.3 is 0 Å². The van der Waals surface area contributed by atoms with Crippen molar-refractivity contribution in [3.63, 3.8) is 0 Å². The Labute approximate surface area is 81.7 Å². The molecule has 0 atom stereocenters. The Balaban J connectivity index is 3.16. The van der Waals surface area contributed by atoms with Crippen molar-refractivity contribution in [3.05, 3.63) is 22.7 Å². The lowest BCUT2D eigenvalue weighted by Gasteiger charge is -2.07. The number of hydrogen-bond donors (Lipinski definition) is 1. The average Bonchev–Trinajstić information content (AvgIpc) is 2.10. The molecule has 3 nitrogen and oxygen atoms in total. The average molecular weight is 197 g/mol. The van der Waals surface area contributed by atoms with Gasteiger partial charge in [0.2, 0.25) is 0 Å². The van der Waals surface area contributed by atoms with Gasteiger partial charge in [-0.15, -0.1) is 0 Å². The molecular formula is C9H9ClN2O. The van der Waals surface area contributed by atoms with Crippen LogP contribution in [0.15, 0.2) is 12.1 Å². The van der Waals surface area contributed by atoms with Crippen LogP contribution in [-0.2, 0) is 6.42 Å². The zero-order chi connectivity index (χ0) is 9.84. The fourth-order valence-electron chi connectivity index (χ4n) is 1.01. The molecule has 68 valence electrons. The van der Waals surface area contributed by atoms with E-state index >= 15 is 0 Å². The molecule has 0 radical (unpaired) electrons. The van der Waals surface area contributed by atoms with E-state index in [9.17, 15) is 0 Å². The van der Waals surface area contributed by atoms with Crippen LogP contribution in [0.25, 0.3) is 0 Å². The van der Waals surface area contributed by atoms with Crippen LogP contribution in [0.2, 0.25) is 5.02 Å². The van der Waals surface area contributed by atoms with Crippen molar-refractivity contribution in [2.45, 2.75) is 6.42 Å². The van der Waals surface area contributed by atoms with E-state index < -0.39 is 0 Å². The van der Waals surface area contributed by atoms with Crippen LogP contribution in [0.4, 0.5) is 5.69 Å². The normalized spacial score (nSPS) is 9.31. The molecule has 1 rings (SSSR count). The maximum Gasteiger partial charge on any atom is 0.137 e. The Morgan fingerprint density at radius 2 is 2.31 bits per heavy atom. The minimum atomic E-state index is 0.263. The van der Waals surface area contributed by atoms with Gasteiger partial charge in [0.25, 0.3) is 0 Å². The van der Waals surface area contributed by atoms with Gasteiger partial charge < -0.3 is 10.5 Å². The van der Waals surface area contributed by atoms with Gasteiger partial charge in [0.15, 0.2) is 0 Å². The molecule has 13 heavy (non-hydrogen) atoms. The lowest BCUT2D eigenvalue weighted by molar-refractivity contribution is 0.414. The molecule has 0 saturated carbocycles. The van der Waals surface area contributed by atoms with Crippen LogP contribution < -0.4 is 10.5 Å². The molecule has 0 spiro atoms. The number of anilines is 1. The summed E-state index contributed by atoms with van der Waals surface area (Å²) in [4.78, 5) is 0. The van der Waals surface area contributed by atoms with Crippen LogP contribution in [-0.4, -0.2) is 7.11 Å². The van der Waals surface area contributed by atoms with E-state index in [2.05, 4.69) is 0 Å². The maximum absolute atomic E-state index is 8.50. The molecule has 2 N–H and O–H groups in total. The highest BCUT2D eigenvalue weighted by atomic mass is 35.5. The van der Waals surface area contributed by atoms with Crippen molar-refractivity contribution in [1.82, 2.24) is 0 Å². The van der Waals surface area contributed by atoms with Gasteiger partial charge in [-0.3, -0.25) is 0 Å². The fourth-order valence-corrected chi connectivity index (χ4v) is 1.25. The van der Waals surface area contributed by atoms with Crippen LogP contribution in [0.1, 0.15) is 5.56 Å². The first-order valence-corrected chi connectivity index (χ1v) is 4.05. The second kappa shape index (κ2) is 4.01. The summed E-state index contributed by atoms with van der Waals surface area (Å²) in [5.41, 5.74) is 6.90. The summed E-state index contributed by atoms with van der Waals surface area (Å²) in [6.07, 6.45) is 0.263. The summed E-state index contributed by atoms with van der Waals surface area (Å²) in [5.74, 6) is 0.543. The Morgan fingerprint density at radius 1 is 1.62 bits per heavy atom. The molecule has 0 amide bonds. The predicted molar refractivity (Wildman–Crippen MR) is 51.7 cm³/mol. The third kappa shape index (κ3) is 2.04. The SMILES string of the molecule is COc1cc(CC#N)c(N)cc1Cl. The lowest BCUT2D eigenvalue weighted by atomic mass is 10.1. The van der Waals surface area contributed by atoms with Gasteiger partial charge in [0.1, 0.15) is 5.75 Å². The van der Waals surface area contributed by atoms with Gasteiger partial charge in [-0.05, 0) is 17.7 Å². The quantitative estimate of drug-likeness (QED) is 0.736. The zero-order valence-electron chi connectivity index (χ0n) is 7.17. The number of halogens is 1. The van der Waals surface area contributed by atoms with Gasteiger partial charge in [0.05, 0.1) is 24.6 Å². The molecule has 0 aliphatic rings. The molecule has 0 fully saturated rings. The highest BCUT2D eigenvalue weighted by Gasteiger charge is 2.05. The fraction of sp³-hybridized carbons (Fsp3) is 0.222. The van der Waals surface area contributed by atoms with Crippen molar-refractivity contribution < 1.29 is 4.74 Å². The Bertz CT molecular complexity index is 357. The molecule has 1 aromatic carbocycles. The van der Waals surface area contributed by atoms with Gasteiger partial charge in [-0.1, -0.05) is 11.6 Å². The predicted octanol–water partition coefficient (Wildman–Crippen LogP) is 2.00. The number of benzene rings is 1. The van der Waals surface area contributed by atoms with E-state index in [0.29, 0.717) is 16.5 Å². The van der Waals surface area contributed by atoms with Crippen molar-refractivity contribution in [2.24, 2.45) is 0 Å². The second-order valence-corrected chi connectivity index (χ2v) is 2.93. The standard InChI is InChI=1S/C9H9ClN2O/c1-13-9-4-6(2-3-11)8(12)5-7(9)10/h4-5H,2,12H2,1H3. The van der Waals surface area contributed by atoms with Crippen molar-refractivity contribution >= 4 is 17.3 Å². The number of methoxy groups -OCH3 is 1. The number of rotatable bonds is 2. The minimum Gasteiger partial charge on any atom is -0.495 e. The highest BCUT2D eigenvalue weighted by Crippen LogP contribution is 2.29. The molecule has 1 aromatic rings. The van der Waals surface area contributed by atoms with Crippen molar-refractivity contribution in [1.29, 1.82) is 5.26 Å². The van der Waals surface area contributed by atoms with E-state index in [4.69, 9.17) is 27.3 Å². The number of nitrogen functional groups attached to an aromatic ring is 1. The molecule has 0 aromatic heterocycles. The Morgan fingerprint density at radius 3 is 2.85 bits per heavy atom. The smallest absolute Gasteiger partial charge is 0.137 e. The largest absolute Gasteiger partial charge is 0.495 e. The number of nitriles is 1. The minimum absolute atomic E-state index is 0.263. The molecule has 0 saturated heterocycles. The molecule has 0 bridgehead atoms. The summed E-state index contributed by atoms with van der Waals surface area (Å²) >= 11 is 5.81. The highest BCUT2D eigenvalue weighted by molar-refractivity contribution is 6.32. The first-order valence-electron chi connectivity index (χ1n) is 3.68. The number of ether oxygens (including phenoxy) is 1. The molecule has 0 heterocycles. The van der Waals surface area contributed by atoms with Crippen molar-refractivity contribution in [3.8, 4) is 11.8 Å². The van der Waals surface area contributed by atoms with Gasteiger partial charge in [-0.25, -0.2) is 0 Å². The number of nitrogens with zero attached hydrogens (tertiary/aromatic N) is 1. The maximum atomic E-state index is 8.50. The zero-order valence-corrected chi connectivity index (χ0v) is 7.93. The molecule has 0 unspecified atom stereocenters.